The summed E-state index contributed by atoms with van der Waals surface area (Å²) in [7, 11) is -9.94. The van der Waals surface area contributed by atoms with Crippen molar-refractivity contribution in [3.05, 3.63) is 91.0 Å². The van der Waals surface area contributed by atoms with Gasteiger partial charge in [-0.15, -0.1) is 0 Å². The Bertz CT molecular complexity index is 1160. The Kier molecular flexibility index (Phi) is 7.58. The van der Waals surface area contributed by atoms with Crippen LogP contribution in [0.5, 0.6) is 0 Å². The Morgan fingerprint density at radius 1 is 0.714 bits per heavy atom. The minimum Gasteiger partial charge on any atom is -0.445 e. The summed E-state index contributed by atoms with van der Waals surface area (Å²) in [6.45, 7) is 0.454. The predicted octanol–water partition coefficient (Wildman–Crippen LogP) is 6.32. The van der Waals surface area contributed by atoms with Crippen LogP contribution in [0.4, 0.5) is 22.0 Å². The predicted molar refractivity (Wildman–Crippen MR) is 118 cm³/mol. The zero-order chi connectivity index (χ0) is 25.9. The summed E-state index contributed by atoms with van der Waals surface area (Å²) in [5, 5.41) is -5.67. The van der Waals surface area contributed by atoms with Gasteiger partial charge in [-0.25, -0.2) is 3.63 Å². The lowest BCUT2D eigenvalue weighted by molar-refractivity contribution is -0.258. The molecule has 0 aliphatic heterocycles. The Hall–Kier alpha value is -2.96. The van der Waals surface area contributed by atoms with E-state index in [0.717, 1.165) is 0 Å². The molecule has 0 radical (unpaired) electrons. The second-order valence-electron chi connectivity index (χ2n) is 7.11. The van der Waals surface area contributed by atoms with Gasteiger partial charge in [-0.05, 0) is 46.7 Å². The van der Waals surface area contributed by atoms with Gasteiger partial charge in [0.15, 0.2) is 0 Å². The fraction of sp³-hybridized carbons (Fsp3) is 0.174. The van der Waals surface area contributed by atoms with Gasteiger partial charge < -0.3 is 4.74 Å². The van der Waals surface area contributed by atoms with E-state index in [-0.39, 0.29) is 14.7 Å². The molecule has 0 aliphatic carbocycles. The van der Waals surface area contributed by atoms with Gasteiger partial charge in [-0.1, -0.05) is 54.6 Å². The largest absolute Gasteiger partial charge is 0.445 e. The van der Waals surface area contributed by atoms with E-state index >= 15 is 8.78 Å². The average molecular weight is 535 g/mol. The minimum atomic E-state index is -6.38. The smallest absolute Gasteiger partial charge is 0.432 e. The molecule has 0 saturated carbocycles. The van der Waals surface area contributed by atoms with Gasteiger partial charge >= 0.3 is 27.5 Å². The molecule has 0 amide bonds. The number of carbonyl (C=O) groups is 1. The maximum atomic E-state index is 15.1. The Balaban J connectivity index is 2.30. The summed E-state index contributed by atoms with van der Waals surface area (Å²) in [4.78, 5) is 11.5. The Morgan fingerprint density at radius 3 is 1.34 bits per heavy atom. The lowest BCUT2D eigenvalue weighted by Crippen LogP contribution is -2.52. The third-order valence-electron chi connectivity index (χ3n) is 4.64. The lowest BCUT2D eigenvalue weighted by Gasteiger charge is -2.40. The molecule has 188 valence electrons. The van der Waals surface area contributed by atoms with Gasteiger partial charge in [0.05, 0.1) is 0 Å². The molecule has 0 spiro atoms. The van der Waals surface area contributed by atoms with Crippen molar-refractivity contribution in [1.29, 1.82) is 0 Å². The number of esters is 1. The summed E-state index contributed by atoms with van der Waals surface area (Å²) in [5.74, 6) is -1.74. The highest BCUT2D eigenvalue weighted by Gasteiger charge is 2.68. The molecule has 35 heavy (non-hydrogen) atoms. The van der Waals surface area contributed by atoms with E-state index < -0.39 is 43.9 Å². The highest BCUT2D eigenvalue weighted by molar-refractivity contribution is 8.33. The number of carbonyl (C=O) groups excluding carboxylic acids is 1. The third kappa shape index (κ3) is 5.34. The molecule has 0 bridgehead atoms. The zero-order valence-corrected chi connectivity index (χ0v) is 19.6. The highest BCUT2D eigenvalue weighted by atomic mass is 32.3. The van der Waals surface area contributed by atoms with E-state index in [1.54, 1.807) is 18.2 Å². The van der Waals surface area contributed by atoms with E-state index in [4.69, 9.17) is 3.63 Å². The molecule has 3 rings (SSSR count). The van der Waals surface area contributed by atoms with E-state index in [0.29, 0.717) is 6.92 Å². The summed E-state index contributed by atoms with van der Waals surface area (Å²) in [6, 6.07) is 22.4. The maximum absolute atomic E-state index is 15.1. The molecule has 0 aliphatic rings. The molecule has 12 heteroatoms. The van der Waals surface area contributed by atoms with Crippen LogP contribution in [0.25, 0.3) is 0 Å². The highest BCUT2D eigenvalue weighted by Crippen LogP contribution is 2.70. The first-order valence-corrected chi connectivity index (χ1v) is 12.8. The average Bonchev–Trinajstić information content (AvgIpc) is 2.82. The van der Waals surface area contributed by atoms with Crippen molar-refractivity contribution in [3.63, 3.8) is 0 Å². The first-order chi connectivity index (χ1) is 16.3. The molecular formula is C23H19F5O5S2. The molecular weight excluding hydrogens is 515 g/mol. The van der Waals surface area contributed by atoms with Gasteiger partial charge in [0.25, 0.3) is 6.10 Å². The minimum absolute atomic E-state index is 0.132. The van der Waals surface area contributed by atoms with E-state index in [1.165, 1.54) is 72.8 Å². The van der Waals surface area contributed by atoms with Gasteiger partial charge in [0, 0.05) is 21.6 Å². The maximum Gasteiger partial charge on any atom is 0.432 e. The van der Waals surface area contributed by atoms with Gasteiger partial charge in [0.2, 0.25) is 0 Å². The second-order valence-corrected chi connectivity index (χ2v) is 11.6. The first kappa shape index (κ1) is 26.6. The summed E-state index contributed by atoms with van der Waals surface area (Å²) >= 11 is 0. The summed E-state index contributed by atoms with van der Waals surface area (Å²) < 4.78 is 106. The topological polar surface area (TPSA) is 69.7 Å². The summed E-state index contributed by atoms with van der Waals surface area (Å²) in [5.41, 5.74) is 0. The van der Waals surface area contributed by atoms with Crippen LogP contribution in [0, 0.1) is 0 Å². The van der Waals surface area contributed by atoms with Crippen molar-refractivity contribution in [2.75, 3.05) is 0 Å². The zero-order valence-electron chi connectivity index (χ0n) is 18.0. The monoisotopic (exact) mass is 534 g/mol. The second kappa shape index (κ2) is 9.96. The Labute approximate surface area is 200 Å². The molecule has 0 heterocycles. The number of benzene rings is 3. The van der Waals surface area contributed by atoms with Crippen molar-refractivity contribution in [2.24, 2.45) is 0 Å². The molecule has 0 aromatic heterocycles. The third-order valence-corrected chi connectivity index (χ3v) is 9.86. The van der Waals surface area contributed by atoms with Crippen LogP contribution in [0.1, 0.15) is 6.92 Å². The number of hydrogen-bond acceptors (Lipinski definition) is 5. The standard InChI is InChI=1S/C23H19F5O5S2/c1-17(29)32-21(22(24,25)26)23(27,28)35(30,31)33-34(18-11-5-2-6-12-18,19-13-7-3-8-14-19)20-15-9-4-10-16-20/h2-16,21H,1H3. The van der Waals surface area contributed by atoms with E-state index in [2.05, 4.69) is 4.74 Å². The van der Waals surface area contributed by atoms with Crippen LogP contribution >= 0.6 is 10.3 Å². The van der Waals surface area contributed by atoms with Crippen molar-refractivity contribution in [3.8, 4) is 0 Å². The van der Waals surface area contributed by atoms with Gasteiger partial charge in [0.1, 0.15) is 0 Å². The van der Waals surface area contributed by atoms with E-state index in [1.807, 2.05) is 0 Å². The first-order valence-electron chi connectivity index (χ1n) is 9.88. The van der Waals surface area contributed by atoms with Crippen LogP contribution in [0.15, 0.2) is 106 Å². The van der Waals surface area contributed by atoms with Gasteiger partial charge in [-0.2, -0.15) is 30.4 Å². The molecule has 1 atom stereocenters. The molecule has 0 fully saturated rings. The van der Waals surface area contributed by atoms with Gasteiger partial charge in [-0.3, -0.25) is 4.79 Å². The fourth-order valence-corrected chi connectivity index (χ4v) is 8.43. The number of ether oxygens (including phenoxy) is 1. The molecule has 1 unspecified atom stereocenters. The number of halogens is 5. The molecule has 3 aromatic rings. The van der Waals surface area contributed by atoms with Crippen LogP contribution in [0.3, 0.4) is 0 Å². The molecule has 0 saturated heterocycles. The van der Waals surface area contributed by atoms with Crippen LogP contribution in [0.2, 0.25) is 0 Å². The van der Waals surface area contributed by atoms with Crippen molar-refractivity contribution in [2.45, 2.75) is 39.1 Å². The SMILES string of the molecule is CC(=O)OC(C(F)(F)F)C(F)(F)S(=O)(=O)OS(c1ccccc1)(c1ccccc1)c1ccccc1. The van der Waals surface area contributed by atoms with Crippen LogP contribution in [-0.4, -0.2) is 31.9 Å². The van der Waals surface area contributed by atoms with Crippen molar-refractivity contribution < 1.29 is 43.5 Å². The summed E-state index contributed by atoms with van der Waals surface area (Å²) in [6.07, 6.45) is -10.2. The Morgan fingerprint density at radius 2 is 1.06 bits per heavy atom. The normalized spacial score (nSPS) is 14.2. The van der Waals surface area contributed by atoms with E-state index in [9.17, 15) is 26.4 Å². The number of alkyl halides is 5. The fourth-order valence-electron chi connectivity index (χ4n) is 3.17. The van der Waals surface area contributed by atoms with Crippen molar-refractivity contribution >= 4 is 26.4 Å². The van der Waals surface area contributed by atoms with Crippen LogP contribution in [-0.2, 0) is 23.3 Å². The number of hydrogen-bond donors (Lipinski definition) is 0. The lowest BCUT2D eigenvalue weighted by atomic mass is 10.3. The number of rotatable bonds is 8. The van der Waals surface area contributed by atoms with Crippen molar-refractivity contribution in [1.82, 2.24) is 0 Å². The van der Waals surface area contributed by atoms with Crippen LogP contribution < -0.4 is 0 Å². The quantitative estimate of drug-likeness (QED) is 0.250. The molecule has 3 aromatic carbocycles. The molecule has 0 N–H and O–H groups in total. The molecule has 5 nitrogen and oxygen atoms in total.